The Kier molecular flexibility index (Phi) is 13.3. The van der Waals surface area contributed by atoms with E-state index in [0.717, 1.165) is 28.2 Å². The zero-order chi connectivity index (χ0) is 37.6. The van der Waals surface area contributed by atoms with Gasteiger partial charge < -0.3 is 51.8 Å². The average Bonchev–Trinajstić information content (AvgIpc) is 3.16. The molecule has 3 aliphatic heterocycles. The Morgan fingerprint density at radius 3 is 1.89 bits per heavy atom. The predicted octanol–water partition coefficient (Wildman–Crippen LogP) is 7.18. The first-order valence-corrected chi connectivity index (χ1v) is 21.4. The van der Waals surface area contributed by atoms with Crippen molar-refractivity contribution in [1.82, 2.24) is 0 Å². The molecule has 12 heteroatoms. The minimum Gasteiger partial charge on any atom is -0.497 e. The van der Waals surface area contributed by atoms with Crippen LogP contribution in [0.2, 0.25) is 18.1 Å². The van der Waals surface area contributed by atoms with Crippen LogP contribution >= 0.6 is 0 Å². The second kappa shape index (κ2) is 17.7. The van der Waals surface area contributed by atoms with Crippen molar-refractivity contribution < 1.29 is 51.8 Å². The van der Waals surface area contributed by atoms with Crippen molar-refractivity contribution in [3.63, 3.8) is 0 Å². The maximum Gasteiger partial charge on any atom is 0.192 e. The molecule has 2 unspecified atom stereocenters. The Bertz CT molecular complexity index is 1550. The van der Waals surface area contributed by atoms with Gasteiger partial charge in [-0.3, -0.25) is 0 Å². The van der Waals surface area contributed by atoms with Crippen molar-refractivity contribution in [2.75, 3.05) is 34.0 Å². The van der Waals surface area contributed by atoms with Crippen LogP contribution in [-0.2, 0) is 55.5 Å². The van der Waals surface area contributed by atoms with Crippen LogP contribution in [0.5, 0.6) is 11.5 Å². The number of fused-ring (bicyclic) bond motifs is 1. The third kappa shape index (κ3) is 10.1. The van der Waals surface area contributed by atoms with E-state index >= 15 is 0 Å². The molecule has 0 amide bonds. The van der Waals surface area contributed by atoms with Crippen molar-refractivity contribution in [1.29, 1.82) is 0 Å². The number of hydrogen-bond donors (Lipinski definition) is 0. The molecule has 0 saturated carbocycles. The summed E-state index contributed by atoms with van der Waals surface area (Å²) < 4.78 is 69.7. The molecular formula is C41H56O11Si. The summed E-state index contributed by atoms with van der Waals surface area (Å²) in [7, 11) is 1.14. The summed E-state index contributed by atoms with van der Waals surface area (Å²) >= 11 is 0. The van der Waals surface area contributed by atoms with E-state index in [-0.39, 0.29) is 31.0 Å². The van der Waals surface area contributed by atoms with Gasteiger partial charge in [0.05, 0.1) is 53.4 Å². The average molecular weight is 753 g/mol. The fraction of sp³-hybridized carbons (Fsp3) is 0.561. The first-order valence-electron chi connectivity index (χ1n) is 18.5. The maximum atomic E-state index is 6.81. The van der Waals surface area contributed by atoms with Gasteiger partial charge in [-0.15, -0.1) is 0 Å². The van der Waals surface area contributed by atoms with Crippen LogP contribution in [0.4, 0.5) is 0 Å². The van der Waals surface area contributed by atoms with Crippen molar-refractivity contribution in [2.24, 2.45) is 0 Å². The SMILES string of the molecule is COc1ccc(CO[C@@H]2[C@H](OCc3ccc(OC)cc3)[C@H](OC[C@@H]3OC(C)OC[C@H]3O[Si](C)(C)C(C)(C)C)O[C@@H]3COC(c4ccccc4)O[C@@H]23)cc1. The van der Waals surface area contributed by atoms with Gasteiger partial charge in [0.1, 0.15) is 42.0 Å². The molecule has 0 bridgehead atoms. The van der Waals surface area contributed by atoms with Crippen molar-refractivity contribution in [3.05, 3.63) is 95.6 Å². The Balaban J connectivity index is 1.27. The molecule has 0 spiro atoms. The van der Waals surface area contributed by atoms with Gasteiger partial charge in [-0.2, -0.15) is 0 Å². The third-order valence-corrected chi connectivity index (χ3v) is 15.0. The third-order valence-electron chi connectivity index (χ3n) is 10.5. The summed E-state index contributed by atoms with van der Waals surface area (Å²) in [4.78, 5) is 0. The van der Waals surface area contributed by atoms with Gasteiger partial charge in [0.25, 0.3) is 0 Å². The molecule has 290 valence electrons. The molecule has 0 radical (unpaired) electrons. The fourth-order valence-corrected chi connectivity index (χ4v) is 7.70. The Labute approximate surface area is 315 Å². The molecular weight excluding hydrogens is 697 g/mol. The minimum absolute atomic E-state index is 0.0103. The number of hydrogen-bond acceptors (Lipinski definition) is 11. The van der Waals surface area contributed by atoms with E-state index in [0.29, 0.717) is 13.2 Å². The van der Waals surface area contributed by atoms with Crippen LogP contribution < -0.4 is 9.47 Å². The lowest BCUT2D eigenvalue weighted by atomic mass is 9.97. The van der Waals surface area contributed by atoms with E-state index < -0.39 is 57.7 Å². The number of ether oxygens (including phenoxy) is 10. The van der Waals surface area contributed by atoms with Gasteiger partial charge in [0.2, 0.25) is 0 Å². The van der Waals surface area contributed by atoms with Gasteiger partial charge in [-0.05, 0) is 60.4 Å². The lowest BCUT2D eigenvalue weighted by molar-refractivity contribution is -0.376. The van der Waals surface area contributed by atoms with E-state index in [1.54, 1.807) is 14.2 Å². The molecule has 6 rings (SSSR count). The molecule has 3 fully saturated rings. The van der Waals surface area contributed by atoms with Crippen LogP contribution in [-0.4, -0.2) is 91.6 Å². The molecule has 3 aromatic rings. The molecule has 0 aliphatic carbocycles. The second-order valence-corrected chi connectivity index (χ2v) is 20.0. The van der Waals surface area contributed by atoms with Gasteiger partial charge in [0.15, 0.2) is 27.2 Å². The second-order valence-electron chi connectivity index (χ2n) is 15.3. The van der Waals surface area contributed by atoms with E-state index in [1.165, 1.54) is 0 Å². The van der Waals surface area contributed by atoms with Gasteiger partial charge in [0, 0.05) is 5.56 Å². The summed E-state index contributed by atoms with van der Waals surface area (Å²) in [5, 5.41) is 0.0103. The lowest BCUT2D eigenvalue weighted by Crippen LogP contribution is -2.64. The number of benzene rings is 3. The first-order chi connectivity index (χ1) is 25.4. The Morgan fingerprint density at radius 1 is 0.698 bits per heavy atom. The van der Waals surface area contributed by atoms with Crippen molar-refractivity contribution in [3.8, 4) is 11.5 Å². The monoisotopic (exact) mass is 752 g/mol. The predicted molar refractivity (Wildman–Crippen MR) is 200 cm³/mol. The summed E-state index contributed by atoms with van der Waals surface area (Å²) in [6, 6.07) is 25.5. The maximum absolute atomic E-state index is 6.81. The summed E-state index contributed by atoms with van der Waals surface area (Å²) in [6.07, 6.45) is -4.85. The van der Waals surface area contributed by atoms with Gasteiger partial charge in [-0.1, -0.05) is 75.4 Å². The number of methoxy groups -OCH3 is 2. The highest BCUT2D eigenvalue weighted by Gasteiger charge is 2.52. The highest BCUT2D eigenvalue weighted by molar-refractivity contribution is 6.74. The molecule has 3 saturated heterocycles. The summed E-state index contributed by atoms with van der Waals surface area (Å²) in [5.74, 6) is 1.54. The quantitative estimate of drug-likeness (QED) is 0.157. The standard InChI is InChI=1S/C41H56O11Si/c1-27-44-25-34(52-53(7,8)41(2,3)4)33(49-27)24-48-40-38(46-23-29-16-20-32(43-6)21-17-29)37(45-22-28-14-18-31(42-5)19-15-28)36-35(50-40)26-47-39(51-36)30-12-10-9-11-13-30/h9-21,27,33-40H,22-26H2,1-8H3/t27?,33-,34+,35+,36+,37-,38-,39?,40+/m0/s1. The smallest absolute Gasteiger partial charge is 0.192 e. The molecule has 3 heterocycles. The molecule has 53 heavy (non-hydrogen) atoms. The largest absolute Gasteiger partial charge is 0.497 e. The zero-order valence-corrected chi connectivity index (χ0v) is 33.2. The van der Waals surface area contributed by atoms with E-state index in [2.05, 4.69) is 33.9 Å². The lowest BCUT2D eigenvalue weighted by Gasteiger charge is -2.49. The molecule has 9 atom stereocenters. The summed E-state index contributed by atoms with van der Waals surface area (Å²) in [5.41, 5.74) is 2.84. The molecule has 3 aliphatic rings. The fourth-order valence-electron chi connectivity index (χ4n) is 6.37. The summed E-state index contributed by atoms with van der Waals surface area (Å²) in [6.45, 7) is 14.5. The van der Waals surface area contributed by atoms with Gasteiger partial charge in [-0.25, -0.2) is 0 Å². The van der Waals surface area contributed by atoms with Crippen LogP contribution in [0.15, 0.2) is 78.9 Å². The highest BCUT2D eigenvalue weighted by Crippen LogP contribution is 2.40. The molecule has 0 N–H and O–H groups in total. The van der Waals surface area contributed by atoms with E-state index in [9.17, 15) is 0 Å². The zero-order valence-electron chi connectivity index (χ0n) is 32.2. The van der Waals surface area contributed by atoms with Crippen molar-refractivity contribution in [2.45, 2.75) is 115 Å². The molecule has 3 aromatic carbocycles. The number of rotatable bonds is 14. The van der Waals surface area contributed by atoms with E-state index in [4.69, 9.17) is 51.8 Å². The minimum atomic E-state index is -2.15. The van der Waals surface area contributed by atoms with Crippen LogP contribution in [0.25, 0.3) is 0 Å². The first kappa shape index (κ1) is 39.8. The Hall–Kier alpha value is -2.88. The molecule has 0 aromatic heterocycles. The topological polar surface area (TPSA) is 102 Å². The highest BCUT2D eigenvalue weighted by atomic mass is 28.4. The van der Waals surface area contributed by atoms with Crippen LogP contribution in [0.3, 0.4) is 0 Å². The van der Waals surface area contributed by atoms with Crippen molar-refractivity contribution >= 4 is 8.32 Å². The molecule has 11 nitrogen and oxygen atoms in total. The van der Waals surface area contributed by atoms with Crippen LogP contribution in [0.1, 0.15) is 50.7 Å². The van der Waals surface area contributed by atoms with E-state index in [1.807, 2.05) is 85.8 Å². The Morgan fingerprint density at radius 2 is 1.30 bits per heavy atom. The normalized spacial score (nSPS) is 29.3. The van der Waals surface area contributed by atoms with Gasteiger partial charge >= 0.3 is 0 Å². The van der Waals surface area contributed by atoms with Crippen LogP contribution in [0, 0.1) is 0 Å².